The fourth-order valence-corrected chi connectivity index (χ4v) is 2.54. The second-order valence-electron chi connectivity index (χ2n) is 8.68. The van der Waals surface area contributed by atoms with Crippen LogP contribution in [0, 0.1) is 5.92 Å². The van der Waals surface area contributed by atoms with Gasteiger partial charge in [0, 0.05) is 13.3 Å². The van der Waals surface area contributed by atoms with Crippen molar-refractivity contribution in [3.05, 3.63) is 0 Å². The maximum atomic E-state index is 12.2. The average Bonchev–Trinajstić information content (AvgIpc) is 2.77. The fourth-order valence-electron chi connectivity index (χ4n) is 2.54. The van der Waals surface area contributed by atoms with E-state index < -0.39 is 29.9 Å². The van der Waals surface area contributed by atoms with Crippen LogP contribution in [0.1, 0.15) is 81.1 Å². The summed E-state index contributed by atoms with van der Waals surface area (Å²) in [6.45, 7) is 14.0. The minimum Gasteiger partial charge on any atom is -0.461 e. The molecule has 0 rings (SSSR count). The van der Waals surface area contributed by atoms with Crippen LogP contribution in [0.3, 0.4) is 0 Å². The Morgan fingerprint density at radius 1 is 0.972 bits per heavy atom. The molecule has 210 valence electrons. The Morgan fingerprint density at radius 3 is 1.89 bits per heavy atom. The highest BCUT2D eigenvalue weighted by Gasteiger charge is 2.26. The van der Waals surface area contributed by atoms with Crippen LogP contribution >= 0.6 is 0 Å². The van der Waals surface area contributed by atoms with Crippen LogP contribution in [0.4, 0.5) is 0 Å². The minimum absolute atomic E-state index is 0.112. The topological polar surface area (TPSA) is 160 Å². The lowest BCUT2D eigenvalue weighted by Gasteiger charge is -2.22. The standard InChI is InChI=1S/C18H31N3O6.C5H13N.C2H4O/c1-10(2)16(20-13(6)23)17(25)19-9-15(24)21-14(8-7-12(5)22)18(26)27-11(3)4;1-3-4-5-6-2;1-2-3/h10-11,14,16H,7-9H2,1-6H3,(H,19,25)(H,20,23)(H,21,24);6H,3-5H2,1-2H3;2H,1H3. The lowest BCUT2D eigenvalue weighted by atomic mass is 10.0. The Morgan fingerprint density at radius 2 is 1.53 bits per heavy atom. The summed E-state index contributed by atoms with van der Waals surface area (Å²) in [5.74, 6) is -2.36. The number of esters is 1. The Bertz CT molecular complexity index is 663. The Hall–Kier alpha value is -2.82. The van der Waals surface area contributed by atoms with E-state index >= 15 is 0 Å². The summed E-state index contributed by atoms with van der Waals surface area (Å²) in [6, 6.07) is -1.74. The molecule has 0 fully saturated rings. The van der Waals surface area contributed by atoms with Gasteiger partial charge in [0.1, 0.15) is 24.2 Å². The molecule has 0 aliphatic carbocycles. The second kappa shape index (κ2) is 23.9. The van der Waals surface area contributed by atoms with Gasteiger partial charge in [0.25, 0.3) is 0 Å². The predicted octanol–water partition coefficient (Wildman–Crippen LogP) is 1.28. The number of carbonyl (C=O) groups is 6. The number of amides is 3. The minimum atomic E-state index is -0.975. The van der Waals surface area contributed by atoms with Crippen molar-refractivity contribution in [2.45, 2.75) is 99.3 Å². The van der Waals surface area contributed by atoms with Crippen molar-refractivity contribution in [1.29, 1.82) is 0 Å². The summed E-state index contributed by atoms with van der Waals surface area (Å²) in [5.41, 5.74) is 0. The van der Waals surface area contributed by atoms with Crippen molar-refractivity contribution < 1.29 is 33.5 Å². The molecule has 0 heterocycles. The molecule has 0 spiro atoms. The van der Waals surface area contributed by atoms with Gasteiger partial charge in [-0.1, -0.05) is 27.2 Å². The zero-order valence-corrected chi connectivity index (χ0v) is 23.5. The number of aldehydes is 1. The largest absolute Gasteiger partial charge is 0.461 e. The zero-order chi connectivity index (χ0) is 28.7. The highest BCUT2D eigenvalue weighted by Crippen LogP contribution is 2.04. The van der Waals surface area contributed by atoms with Crippen LogP contribution in [-0.4, -0.2) is 74.1 Å². The molecule has 0 aliphatic rings. The van der Waals surface area contributed by atoms with Gasteiger partial charge in [-0.3, -0.25) is 14.4 Å². The molecular weight excluding hydrogens is 468 g/mol. The molecule has 36 heavy (non-hydrogen) atoms. The van der Waals surface area contributed by atoms with Crippen molar-refractivity contribution in [3.63, 3.8) is 0 Å². The molecule has 11 nitrogen and oxygen atoms in total. The van der Waals surface area contributed by atoms with Crippen LogP contribution in [-0.2, 0) is 33.5 Å². The van der Waals surface area contributed by atoms with E-state index in [4.69, 9.17) is 9.53 Å². The van der Waals surface area contributed by atoms with Gasteiger partial charge < -0.3 is 35.6 Å². The molecule has 0 saturated carbocycles. The molecule has 0 saturated heterocycles. The van der Waals surface area contributed by atoms with Crippen molar-refractivity contribution in [3.8, 4) is 0 Å². The molecule has 4 N–H and O–H groups in total. The molecule has 3 amide bonds. The normalized spacial score (nSPS) is 11.5. The highest BCUT2D eigenvalue weighted by molar-refractivity contribution is 5.91. The SMILES string of the molecule is CC(=O)CCC(NC(=O)CNC(=O)C(NC(C)=O)C(C)C)C(=O)OC(C)C.CC=O.CCCCNC. The summed E-state index contributed by atoms with van der Waals surface area (Å²) in [5, 5.41) is 10.5. The zero-order valence-electron chi connectivity index (χ0n) is 23.5. The van der Waals surface area contributed by atoms with Gasteiger partial charge in [-0.2, -0.15) is 0 Å². The van der Waals surface area contributed by atoms with E-state index in [2.05, 4.69) is 28.2 Å². The number of hydrogen-bond donors (Lipinski definition) is 4. The highest BCUT2D eigenvalue weighted by atomic mass is 16.5. The van der Waals surface area contributed by atoms with Gasteiger partial charge in [-0.05, 0) is 60.0 Å². The lowest BCUT2D eigenvalue weighted by molar-refractivity contribution is -0.151. The van der Waals surface area contributed by atoms with Gasteiger partial charge >= 0.3 is 5.97 Å². The summed E-state index contributed by atoms with van der Waals surface area (Å²) in [7, 11) is 1.98. The quantitative estimate of drug-likeness (QED) is 0.153. The first-order valence-electron chi connectivity index (χ1n) is 12.4. The number of ether oxygens (including phenoxy) is 1. The summed E-state index contributed by atoms with van der Waals surface area (Å²) in [4.78, 5) is 67.5. The molecule has 0 aromatic carbocycles. The third-order valence-electron chi connectivity index (χ3n) is 4.27. The van der Waals surface area contributed by atoms with E-state index in [0.29, 0.717) is 0 Å². The Balaban J connectivity index is -0.00000103. The van der Waals surface area contributed by atoms with E-state index in [-0.39, 0.29) is 43.1 Å². The van der Waals surface area contributed by atoms with Gasteiger partial charge in [-0.15, -0.1) is 0 Å². The first kappa shape index (κ1) is 37.7. The van der Waals surface area contributed by atoms with Crippen molar-refractivity contribution in [2.24, 2.45) is 5.92 Å². The second-order valence-corrected chi connectivity index (χ2v) is 8.68. The van der Waals surface area contributed by atoms with E-state index in [1.807, 2.05) is 7.05 Å². The van der Waals surface area contributed by atoms with Gasteiger partial charge in [0.2, 0.25) is 17.7 Å². The first-order valence-corrected chi connectivity index (χ1v) is 12.4. The maximum Gasteiger partial charge on any atom is 0.328 e. The summed E-state index contributed by atoms with van der Waals surface area (Å²) >= 11 is 0. The molecule has 0 aromatic rings. The fraction of sp³-hybridized carbons (Fsp3) is 0.760. The number of unbranched alkanes of at least 4 members (excludes halogenated alkanes) is 1. The number of ketones is 1. The Labute approximate surface area is 216 Å². The molecule has 0 aromatic heterocycles. The summed E-state index contributed by atoms with van der Waals surface area (Å²) < 4.78 is 5.08. The van der Waals surface area contributed by atoms with Crippen LogP contribution in [0.25, 0.3) is 0 Å². The van der Waals surface area contributed by atoms with E-state index in [0.717, 1.165) is 12.8 Å². The number of rotatable bonds is 14. The number of Topliss-reactive ketones (excluding diaryl/α,β-unsaturated/α-hetero) is 1. The van der Waals surface area contributed by atoms with E-state index in [9.17, 15) is 24.0 Å². The average molecular weight is 517 g/mol. The van der Waals surface area contributed by atoms with Crippen molar-refractivity contribution in [2.75, 3.05) is 20.1 Å². The van der Waals surface area contributed by atoms with Gasteiger partial charge in [0.15, 0.2) is 0 Å². The van der Waals surface area contributed by atoms with Crippen molar-refractivity contribution in [1.82, 2.24) is 21.3 Å². The van der Waals surface area contributed by atoms with Gasteiger partial charge in [0.05, 0.1) is 12.6 Å². The predicted molar refractivity (Wildman–Crippen MR) is 139 cm³/mol. The Kier molecular flexibility index (Phi) is 25.0. The molecule has 11 heteroatoms. The molecule has 2 unspecified atom stereocenters. The molecule has 0 bridgehead atoms. The van der Waals surface area contributed by atoms with Crippen LogP contribution < -0.4 is 21.3 Å². The third kappa shape index (κ3) is 24.3. The molecular formula is C25H48N4O7. The van der Waals surface area contributed by atoms with Crippen LogP contribution in [0.2, 0.25) is 0 Å². The maximum absolute atomic E-state index is 12.2. The van der Waals surface area contributed by atoms with E-state index in [1.165, 1.54) is 33.6 Å². The molecule has 0 radical (unpaired) electrons. The van der Waals surface area contributed by atoms with Crippen molar-refractivity contribution >= 4 is 35.8 Å². The lowest BCUT2D eigenvalue weighted by Crippen LogP contribution is -2.52. The van der Waals surface area contributed by atoms with Gasteiger partial charge in [-0.25, -0.2) is 4.79 Å². The van der Waals surface area contributed by atoms with Crippen LogP contribution in [0.5, 0.6) is 0 Å². The molecule has 0 aliphatic heterocycles. The number of hydrogen-bond acceptors (Lipinski definition) is 8. The smallest absolute Gasteiger partial charge is 0.328 e. The first-order chi connectivity index (χ1) is 16.8. The van der Waals surface area contributed by atoms with E-state index in [1.54, 1.807) is 27.7 Å². The third-order valence-corrected chi connectivity index (χ3v) is 4.27. The monoisotopic (exact) mass is 516 g/mol. The number of carbonyl (C=O) groups excluding carboxylic acids is 6. The summed E-state index contributed by atoms with van der Waals surface area (Å²) in [6.07, 6.45) is 3.21. The number of nitrogens with one attached hydrogen (secondary N) is 4. The van der Waals surface area contributed by atoms with Crippen LogP contribution in [0.15, 0.2) is 0 Å². The molecule has 2 atom stereocenters.